The fraction of sp³-hybridized carbons (Fsp3) is 0.750. The maximum Gasteiger partial charge on any atom is 0.274 e. The van der Waals surface area contributed by atoms with Crippen LogP contribution in [0.4, 0.5) is 0 Å². The van der Waals surface area contributed by atoms with E-state index in [9.17, 15) is 9.90 Å². The largest absolute Gasteiger partial charge is 0.395 e. The van der Waals surface area contributed by atoms with Crippen LogP contribution in [0.5, 0.6) is 0 Å². The predicted molar refractivity (Wildman–Crippen MR) is 85.9 cm³/mol. The molecular formula is C16H28N4O2. The second kappa shape index (κ2) is 8.90. The summed E-state index contributed by atoms with van der Waals surface area (Å²) in [5, 5.41) is 17.0. The van der Waals surface area contributed by atoms with Crippen LogP contribution in [0.3, 0.4) is 0 Å². The number of aromatic nitrogens is 2. The van der Waals surface area contributed by atoms with E-state index in [-0.39, 0.29) is 12.5 Å². The molecule has 2 heterocycles. The molecule has 1 atom stereocenters. The van der Waals surface area contributed by atoms with Gasteiger partial charge in [-0.25, -0.2) is 0 Å². The van der Waals surface area contributed by atoms with Crippen LogP contribution in [0, 0.1) is 0 Å². The van der Waals surface area contributed by atoms with Gasteiger partial charge in [-0.1, -0.05) is 19.8 Å². The molecule has 1 aromatic rings. The summed E-state index contributed by atoms with van der Waals surface area (Å²) in [4.78, 5) is 14.3. The summed E-state index contributed by atoms with van der Waals surface area (Å²) in [6.45, 7) is 5.16. The Morgan fingerprint density at radius 1 is 1.50 bits per heavy atom. The summed E-state index contributed by atoms with van der Waals surface area (Å²) in [6, 6.07) is 2.13. The summed E-state index contributed by atoms with van der Waals surface area (Å²) < 4.78 is 1.91. The fourth-order valence-electron chi connectivity index (χ4n) is 2.86. The Hall–Kier alpha value is -1.40. The average molecular weight is 308 g/mol. The topological polar surface area (TPSA) is 70.4 Å². The molecule has 1 unspecified atom stereocenters. The number of carbonyl (C=O) groups excluding carboxylic acids is 1. The lowest BCUT2D eigenvalue weighted by Gasteiger charge is -2.23. The maximum absolute atomic E-state index is 12.5. The number of unbranched alkanes of at least 4 members (excludes halogenated alkanes) is 2. The van der Waals surface area contributed by atoms with Gasteiger partial charge >= 0.3 is 0 Å². The lowest BCUT2D eigenvalue weighted by Crippen LogP contribution is -2.35. The Kier molecular flexibility index (Phi) is 6.86. The van der Waals surface area contributed by atoms with Gasteiger partial charge in [-0.15, -0.1) is 0 Å². The number of amides is 1. The van der Waals surface area contributed by atoms with Crippen molar-refractivity contribution in [2.45, 2.75) is 45.1 Å². The summed E-state index contributed by atoms with van der Waals surface area (Å²) in [5.74, 6) is -0.0762. The van der Waals surface area contributed by atoms with Gasteiger partial charge in [0.25, 0.3) is 5.91 Å². The molecular weight excluding hydrogens is 280 g/mol. The molecule has 0 aromatic carbocycles. The Bertz CT molecular complexity index is 455. The van der Waals surface area contributed by atoms with Crippen molar-refractivity contribution in [3.63, 3.8) is 0 Å². The molecule has 1 amide bonds. The van der Waals surface area contributed by atoms with Gasteiger partial charge in [0.15, 0.2) is 0 Å². The van der Waals surface area contributed by atoms with Gasteiger partial charge in [-0.05, 0) is 31.9 Å². The maximum atomic E-state index is 12.5. The lowest BCUT2D eigenvalue weighted by molar-refractivity contribution is 0.0711. The highest BCUT2D eigenvalue weighted by Crippen LogP contribution is 2.16. The zero-order valence-electron chi connectivity index (χ0n) is 13.5. The van der Waals surface area contributed by atoms with Crippen molar-refractivity contribution in [3.8, 4) is 0 Å². The van der Waals surface area contributed by atoms with Gasteiger partial charge in [0.2, 0.25) is 0 Å². The number of aliphatic hydroxyl groups excluding tert-OH is 1. The number of aliphatic hydroxyl groups is 1. The quantitative estimate of drug-likeness (QED) is 0.713. The molecule has 0 saturated carbocycles. The first kappa shape index (κ1) is 17.0. The van der Waals surface area contributed by atoms with E-state index in [1.165, 1.54) is 0 Å². The van der Waals surface area contributed by atoms with Gasteiger partial charge < -0.3 is 15.3 Å². The molecule has 1 aliphatic rings. The van der Waals surface area contributed by atoms with E-state index >= 15 is 0 Å². The average Bonchev–Trinajstić information content (AvgIpc) is 3.04. The number of nitrogens with one attached hydrogen (secondary N) is 1. The molecule has 6 heteroatoms. The van der Waals surface area contributed by atoms with E-state index in [2.05, 4.69) is 17.3 Å². The van der Waals surface area contributed by atoms with Gasteiger partial charge in [0, 0.05) is 25.8 Å². The molecule has 2 rings (SSSR count). The molecule has 1 fully saturated rings. The van der Waals surface area contributed by atoms with Crippen LogP contribution in [0.25, 0.3) is 0 Å². The second-order valence-corrected chi connectivity index (χ2v) is 5.90. The second-order valence-electron chi connectivity index (χ2n) is 5.90. The molecule has 1 aliphatic heterocycles. The van der Waals surface area contributed by atoms with Gasteiger partial charge in [0.05, 0.1) is 12.6 Å². The zero-order chi connectivity index (χ0) is 15.8. The van der Waals surface area contributed by atoms with E-state index in [0.29, 0.717) is 24.8 Å². The number of hydrogen-bond acceptors (Lipinski definition) is 4. The van der Waals surface area contributed by atoms with Crippen LogP contribution in [0.2, 0.25) is 0 Å². The summed E-state index contributed by atoms with van der Waals surface area (Å²) >= 11 is 0. The Balaban J connectivity index is 1.98. The van der Waals surface area contributed by atoms with Crippen molar-refractivity contribution in [3.05, 3.63) is 18.0 Å². The Labute approximate surface area is 132 Å². The van der Waals surface area contributed by atoms with Crippen LogP contribution in [-0.4, -0.2) is 58.5 Å². The molecule has 0 bridgehead atoms. The van der Waals surface area contributed by atoms with Gasteiger partial charge in [-0.2, -0.15) is 5.10 Å². The Morgan fingerprint density at radius 3 is 3.05 bits per heavy atom. The van der Waals surface area contributed by atoms with Crippen LogP contribution < -0.4 is 5.32 Å². The highest BCUT2D eigenvalue weighted by molar-refractivity contribution is 5.92. The third-order valence-corrected chi connectivity index (χ3v) is 4.16. The number of carbonyl (C=O) groups is 1. The number of piperidine rings is 1. The normalized spacial score (nSPS) is 18.4. The van der Waals surface area contributed by atoms with E-state index in [1.807, 2.05) is 10.9 Å². The summed E-state index contributed by atoms with van der Waals surface area (Å²) in [7, 11) is 0. The van der Waals surface area contributed by atoms with Crippen LogP contribution in [-0.2, 0) is 0 Å². The van der Waals surface area contributed by atoms with Crippen molar-refractivity contribution >= 4 is 5.91 Å². The smallest absolute Gasteiger partial charge is 0.274 e. The van der Waals surface area contributed by atoms with Crippen LogP contribution in [0.15, 0.2) is 12.3 Å². The first-order valence-electron chi connectivity index (χ1n) is 8.42. The molecule has 0 radical (unpaired) electrons. The third kappa shape index (κ3) is 4.55. The van der Waals surface area contributed by atoms with Gasteiger partial charge in [-0.3, -0.25) is 9.48 Å². The standard InChI is InChI=1S/C16H28N4O2/c1-2-3-4-9-19(11-12-21)16(22)15-7-10-20(18-15)14-6-5-8-17-13-14/h7,10,14,17,21H,2-6,8-9,11-13H2,1H3. The first-order valence-corrected chi connectivity index (χ1v) is 8.42. The number of nitrogens with zero attached hydrogens (tertiary/aromatic N) is 3. The van der Waals surface area contributed by atoms with Gasteiger partial charge in [0.1, 0.15) is 5.69 Å². The molecule has 1 saturated heterocycles. The summed E-state index contributed by atoms with van der Waals surface area (Å²) in [6.07, 6.45) is 7.31. The van der Waals surface area contributed by atoms with Crippen molar-refractivity contribution in [2.75, 3.05) is 32.8 Å². The van der Waals surface area contributed by atoms with Crippen LogP contribution >= 0.6 is 0 Å². The summed E-state index contributed by atoms with van der Waals surface area (Å²) in [5.41, 5.74) is 0.482. The van der Waals surface area contributed by atoms with Crippen molar-refractivity contribution in [1.29, 1.82) is 0 Å². The molecule has 124 valence electrons. The van der Waals surface area contributed by atoms with Crippen LogP contribution in [0.1, 0.15) is 55.6 Å². The van der Waals surface area contributed by atoms with E-state index in [0.717, 1.165) is 45.2 Å². The highest BCUT2D eigenvalue weighted by atomic mass is 16.3. The monoisotopic (exact) mass is 308 g/mol. The molecule has 2 N–H and O–H groups in total. The number of rotatable bonds is 8. The van der Waals surface area contributed by atoms with E-state index in [1.54, 1.807) is 11.0 Å². The molecule has 1 aromatic heterocycles. The van der Waals surface area contributed by atoms with Crippen molar-refractivity contribution in [1.82, 2.24) is 20.0 Å². The van der Waals surface area contributed by atoms with Crippen molar-refractivity contribution < 1.29 is 9.90 Å². The minimum Gasteiger partial charge on any atom is -0.395 e. The molecule has 0 spiro atoms. The molecule has 6 nitrogen and oxygen atoms in total. The predicted octanol–water partition coefficient (Wildman–Crippen LogP) is 1.43. The zero-order valence-corrected chi connectivity index (χ0v) is 13.5. The number of hydrogen-bond donors (Lipinski definition) is 2. The molecule has 0 aliphatic carbocycles. The SMILES string of the molecule is CCCCCN(CCO)C(=O)c1ccn(C2CCCNC2)n1. The minimum atomic E-state index is -0.0762. The minimum absolute atomic E-state index is 0.00881. The Morgan fingerprint density at radius 2 is 2.36 bits per heavy atom. The fourth-order valence-corrected chi connectivity index (χ4v) is 2.86. The van der Waals surface area contributed by atoms with E-state index in [4.69, 9.17) is 0 Å². The lowest BCUT2D eigenvalue weighted by atomic mass is 10.1. The third-order valence-electron chi connectivity index (χ3n) is 4.16. The van der Waals surface area contributed by atoms with Crippen molar-refractivity contribution in [2.24, 2.45) is 0 Å². The first-order chi connectivity index (χ1) is 10.8. The highest BCUT2D eigenvalue weighted by Gasteiger charge is 2.20. The van der Waals surface area contributed by atoms with E-state index < -0.39 is 0 Å². The molecule has 22 heavy (non-hydrogen) atoms.